The van der Waals surface area contributed by atoms with E-state index < -0.39 is 33.8 Å². The van der Waals surface area contributed by atoms with Gasteiger partial charge in [-0.15, -0.1) is 11.8 Å². The SMILES string of the molecule is O=C(COC(=O)CC1Sc2ccccc2NC1=O)Nc1ccc(S(=O)(=O)N2CCOCC2)cc1. The first-order valence-corrected chi connectivity index (χ1v) is 12.8. The van der Waals surface area contributed by atoms with Crippen LogP contribution >= 0.6 is 11.8 Å². The highest BCUT2D eigenvalue weighted by atomic mass is 32.2. The van der Waals surface area contributed by atoms with Crippen molar-refractivity contribution in [2.24, 2.45) is 0 Å². The third kappa shape index (κ3) is 5.76. The Morgan fingerprint density at radius 2 is 1.82 bits per heavy atom. The molecular formula is C22H23N3O7S2. The van der Waals surface area contributed by atoms with Crippen molar-refractivity contribution < 1.29 is 32.3 Å². The number of hydrogen-bond acceptors (Lipinski definition) is 8. The molecular weight excluding hydrogens is 482 g/mol. The first-order valence-electron chi connectivity index (χ1n) is 10.5. The number of carbonyl (C=O) groups is 3. The summed E-state index contributed by atoms with van der Waals surface area (Å²) in [6.07, 6.45) is -0.174. The molecule has 2 aromatic rings. The molecule has 0 aliphatic carbocycles. The number of fused-ring (bicyclic) bond motifs is 1. The number of carbonyl (C=O) groups excluding carboxylic acids is 3. The predicted octanol–water partition coefficient (Wildman–Crippen LogP) is 1.69. The average molecular weight is 506 g/mol. The number of hydrogen-bond donors (Lipinski definition) is 2. The predicted molar refractivity (Wildman–Crippen MR) is 125 cm³/mol. The minimum atomic E-state index is -3.63. The fourth-order valence-electron chi connectivity index (χ4n) is 3.43. The second kappa shape index (κ2) is 10.6. The number of anilines is 2. The summed E-state index contributed by atoms with van der Waals surface area (Å²) in [6.45, 7) is 0.759. The molecule has 2 amide bonds. The molecule has 2 aliphatic rings. The summed E-state index contributed by atoms with van der Waals surface area (Å²) in [5, 5.41) is 4.65. The van der Waals surface area contributed by atoms with Crippen LogP contribution in [0, 0.1) is 0 Å². The lowest BCUT2D eigenvalue weighted by atomic mass is 10.2. The molecule has 180 valence electrons. The Morgan fingerprint density at radius 1 is 1.12 bits per heavy atom. The number of morpholine rings is 1. The fraction of sp³-hybridized carbons (Fsp3) is 0.318. The monoisotopic (exact) mass is 505 g/mol. The van der Waals surface area contributed by atoms with E-state index in [0.717, 1.165) is 4.90 Å². The van der Waals surface area contributed by atoms with Crippen LogP contribution in [0.15, 0.2) is 58.3 Å². The van der Waals surface area contributed by atoms with Gasteiger partial charge in [-0.3, -0.25) is 14.4 Å². The third-order valence-corrected chi connectivity index (χ3v) is 8.36. The summed E-state index contributed by atoms with van der Waals surface area (Å²) >= 11 is 1.27. The van der Waals surface area contributed by atoms with Crippen LogP contribution in [0.2, 0.25) is 0 Å². The largest absolute Gasteiger partial charge is 0.456 e. The Bertz CT molecular complexity index is 1180. The highest BCUT2D eigenvalue weighted by molar-refractivity contribution is 8.01. The van der Waals surface area contributed by atoms with Crippen LogP contribution in [0.1, 0.15) is 6.42 Å². The van der Waals surface area contributed by atoms with E-state index in [1.54, 1.807) is 6.07 Å². The molecule has 34 heavy (non-hydrogen) atoms. The van der Waals surface area contributed by atoms with Gasteiger partial charge in [0.05, 0.1) is 35.5 Å². The van der Waals surface area contributed by atoms with Crippen LogP contribution in [0.5, 0.6) is 0 Å². The van der Waals surface area contributed by atoms with E-state index in [9.17, 15) is 22.8 Å². The quantitative estimate of drug-likeness (QED) is 0.544. The maximum absolute atomic E-state index is 12.6. The minimum absolute atomic E-state index is 0.114. The fourth-order valence-corrected chi connectivity index (χ4v) is 5.93. The van der Waals surface area contributed by atoms with E-state index in [1.807, 2.05) is 18.2 Å². The molecule has 4 rings (SSSR count). The molecule has 1 unspecified atom stereocenters. The van der Waals surface area contributed by atoms with Crippen LogP contribution in [-0.4, -0.2) is 68.7 Å². The molecule has 0 spiro atoms. The Labute approximate surface area is 201 Å². The van der Waals surface area contributed by atoms with Gasteiger partial charge in [0.1, 0.15) is 0 Å². The zero-order valence-electron chi connectivity index (χ0n) is 18.1. The lowest BCUT2D eigenvalue weighted by Gasteiger charge is -2.26. The van der Waals surface area contributed by atoms with Gasteiger partial charge in [0.2, 0.25) is 15.9 Å². The third-order valence-electron chi connectivity index (χ3n) is 5.17. The van der Waals surface area contributed by atoms with Gasteiger partial charge in [0, 0.05) is 23.7 Å². The van der Waals surface area contributed by atoms with Crippen LogP contribution < -0.4 is 10.6 Å². The molecule has 0 saturated carbocycles. The molecule has 2 aromatic carbocycles. The second-order valence-corrected chi connectivity index (χ2v) is 10.7. The zero-order valence-corrected chi connectivity index (χ0v) is 19.7. The number of benzene rings is 2. The Kier molecular flexibility index (Phi) is 7.51. The van der Waals surface area contributed by atoms with Gasteiger partial charge >= 0.3 is 5.97 Å². The minimum Gasteiger partial charge on any atom is -0.456 e. The van der Waals surface area contributed by atoms with Crippen molar-refractivity contribution >= 4 is 50.9 Å². The summed E-state index contributed by atoms with van der Waals surface area (Å²) in [5.41, 5.74) is 1.06. The molecule has 10 nitrogen and oxygen atoms in total. The van der Waals surface area contributed by atoms with Crippen molar-refractivity contribution in [2.45, 2.75) is 21.5 Å². The van der Waals surface area contributed by atoms with Gasteiger partial charge in [-0.25, -0.2) is 8.42 Å². The van der Waals surface area contributed by atoms with Gasteiger partial charge in [-0.05, 0) is 36.4 Å². The van der Waals surface area contributed by atoms with Gasteiger partial charge in [0.15, 0.2) is 6.61 Å². The highest BCUT2D eigenvalue weighted by Crippen LogP contribution is 2.36. The summed E-state index contributed by atoms with van der Waals surface area (Å²) in [6, 6.07) is 13.0. The number of esters is 1. The molecule has 2 N–H and O–H groups in total. The van der Waals surface area contributed by atoms with E-state index in [1.165, 1.54) is 40.3 Å². The first-order chi connectivity index (χ1) is 16.3. The van der Waals surface area contributed by atoms with Crippen LogP contribution in [0.3, 0.4) is 0 Å². The summed E-state index contributed by atoms with van der Waals surface area (Å²) in [7, 11) is -3.63. The van der Waals surface area contributed by atoms with Gasteiger partial charge in [0.25, 0.3) is 5.91 Å². The molecule has 0 bridgehead atoms. The van der Waals surface area contributed by atoms with Crippen molar-refractivity contribution in [3.05, 3.63) is 48.5 Å². The van der Waals surface area contributed by atoms with Crippen molar-refractivity contribution in [1.29, 1.82) is 0 Å². The standard InChI is InChI=1S/C22H23N3O7S2/c26-20(14-32-21(27)13-19-22(28)24-17-3-1-2-4-18(17)33-19)23-15-5-7-16(8-6-15)34(29,30)25-9-11-31-12-10-25/h1-8,19H,9-14H2,(H,23,26)(H,24,28). The number of rotatable bonds is 7. The van der Waals surface area contributed by atoms with Crippen LogP contribution in [0.25, 0.3) is 0 Å². The van der Waals surface area contributed by atoms with Crippen LogP contribution in [-0.2, 0) is 33.9 Å². The Hall–Kier alpha value is -2.93. The first kappa shape index (κ1) is 24.2. The summed E-state index contributed by atoms with van der Waals surface area (Å²) in [4.78, 5) is 37.5. The number of nitrogens with one attached hydrogen (secondary N) is 2. The molecule has 0 aromatic heterocycles. The second-order valence-electron chi connectivity index (χ2n) is 7.55. The molecule has 1 saturated heterocycles. The number of sulfonamides is 1. The highest BCUT2D eigenvalue weighted by Gasteiger charge is 2.30. The number of nitrogens with zero attached hydrogens (tertiary/aromatic N) is 1. The maximum Gasteiger partial charge on any atom is 0.307 e. The Balaban J connectivity index is 1.25. The van der Waals surface area contributed by atoms with Gasteiger partial charge in [-0.2, -0.15) is 4.31 Å². The van der Waals surface area contributed by atoms with Gasteiger partial charge < -0.3 is 20.1 Å². The molecule has 1 atom stereocenters. The summed E-state index contributed by atoms with van der Waals surface area (Å²) in [5.74, 6) is -1.55. The maximum atomic E-state index is 12.6. The lowest BCUT2D eigenvalue weighted by Crippen LogP contribution is -2.40. The number of amides is 2. The normalized spacial score (nSPS) is 18.5. The molecule has 2 aliphatic heterocycles. The number of para-hydroxylation sites is 1. The molecule has 2 heterocycles. The summed E-state index contributed by atoms with van der Waals surface area (Å²) < 4.78 is 36.8. The van der Waals surface area contributed by atoms with Crippen molar-refractivity contribution in [2.75, 3.05) is 43.5 Å². The van der Waals surface area contributed by atoms with E-state index in [4.69, 9.17) is 9.47 Å². The number of ether oxygens (including phenoxy) is 2. The van der Waals surface area contributed by atoms with E-state index in [2.05, 4.69) is 10.6 Å². The smallest absolute Gasteiger partial charge is 0.307 e. The van der Waals surface area contributed by atoms with E-state index in [-0.39, 0.29) is 17.2 Å². The Morgan fingerprint density at radius 3 is 2.56 bits per heavy atom. The molecule has 12 heteroatoms. The van der Waals surface area contributed by atoms with E-state index >= 15 is 0 Å². The lowest BCUT2D eigenvalue weighted by molar-refractivity contribution is -0.147. The van der Waals surface area contributed by atoms with Crippen molar-refractivity contribution in [1.82, 2.24) is 4.31 Å². The zero-order chi connectivity index (χ0) is 24.1. The number of thioether (sulfide) groups is 1. The molecule has 1 fully saturated rings. The van der Waals surface area contributed by atoms with Gasteiger partial charge in [-0.1, -0.05) is 12.1 Å². The van der Waals surface area contributed by atoms with Crippen LogP contribution in [0.4, 0.5) is 11.4 Å². The topological polar surface area (TPSA) is 131 Å². The average Bonchev–Trinajstić information content (AvgIpc) is 2.84. The van der Waals surface area contributed by atoms with Crippen molar-refractivity contribution in [3.8, 4) is 0 Å². The molecule has 0 radical (unpaired) electrons. The van der Waals surface area contributed by atoms with Crippen molar-refractivity contribution in [3.63, 3.8) is 0 Å². The van der Waals surface area contributed by atoms with E-state index in [0.29, 0.717) is 37.7 Å².